The van der Waals surface area contributed by atoms with Crippen LogP contribution in [0.4, 0.5) is 26.3 Å². The average molecular weight is 416 g/mol. The Morgan fingerprint density at radius 1 is 1.07 bits per heavy atom. The van der Waals surface area contributed by atoms with E-state index in [9.17, 15) is 31.1 Å². The maximum atomic E-state index is 13.2. The smallest absolute Gasteiger partial charge is 0.345 e. The maximum absolute atomic E-state index is 13.2. The molecular formula is C18H14F6N4O. The highest BCUT2D eigenvalue weighted by Gasteiger charge is 2.38. The van der Waals surface area contributed by atoms with Gasteiger partial charge in [-0.2, -0.15) is 31.4 Å². The molecule has 2 aromatic heterocycles. The molecule has 2 heterocycles. The number of halogens is 6. The van der Waals surface area contributed by atoms with E-state index in [1.54, 1.807) is 0 Å². The van der Waals surface area contributed by atoms with Gasteiger partial charge in [-0.3, -0.25) is 9.48 Å². The standard InChI is InChI=1S/C18H14F6N4O/c1-9(12-8-25-28(2)15(12)18(22,23)24)26-16(29)11-3-5-13-10(7-11)4-6-14(27-13)17(19,20)21/h3-9H,1-2H3,(H,26,29)/t9-/m1/s1. The zero-order chi connectivity index (χ0) is 21.6. The normalized spacial score (nSPS) is 13.5. The van der Waals surface area contributed by atoms with Gasteiger partial charge in [0.05, 0.1) is 17.8 Å². The van der Waals surface area contributed by atoms with Gasteiger partial charge in [-0.25, -0.2) is 4.98 Å². The van der Waals surface area contributed by atoms with Crippen LogP contribution in [-0.2, 0) is 19.4 Å². The Bertz CT molecular complexity index is 1070. The largest absolute Gasteiger partial charge is 0.433 e. The molecule has 0 aliphatic carbocycles. The number of carbonyl (C=O) groups is 1. The van der Waals surface area contributed by atoms with Crippen molar-refractivity contribution in [2.75, 3.05) is 0 Å². The summed E-state index contributed by atoms with van der Waals surface area (Å²) < 4.78 is 78.5. The third-order valence-electron chi connectivity index (χ3n) is 4.29. The van der Waals surface area contributed by atoms with Crippen LogP contribution in [0.25, 0.3) is 10.9 Å². The van der Waals surface area contributed by atoms with Crippen molar-refractivity contribution in [2.45, 2.75) is 25.3 Å². The number of hydrogen-bond acceptors (Lipinski definition) is 3. The number of hydrogen-bond donors (Lipinski definition) is 1. The minimum Gasteiger partial charge on any atom is -0.345 e. The van der Waals surface area contributed by atoms with Gasteiger partial charge in [0.15, 0.2) is 0 Å². The van der Waals surface area contributed by atoms with Crippen LogP contribution < -0.4 is 5.32 Å². The van der Waals surface area contributed by atoms with E-state index < -0.39 is 35.7 Å². The Morgan fingerprint density at radius 2 is 1.76 bits per heavy atom. The van der Waals surface area contributed by atoms with Crippen molar-refractivity contribution in [3.8, 4) is 0 Å². The predicted octanol–water partition coefficient (Wildman–Crippen LogP) is 4.50. The van der Waals surface area contributed by atoms with E-state index >= 15 is 0 Å². The number of nitrogens with one attached hydrogen (secondary N) is 1. The quantitative estimate of drug-likeness (QED) is 0.640. The van der Waals surface area contributed by atoms with Crippen LogP contribution in [0.15, 0.2) is 36.5 Å². The fourth-order valence-electron chi connectivity index (χ4n) is 2.90. The molecule has 0 saturated carbocycles. The molecular weight excluding hydrogens is 402 g/mol. The molecule has 0 radical (unpaired) electrons. The summed E-state index contributed by atoms with van der Waals surface area (Å²) in [5.41, 5.74) is -2.13. The van der Waals surface area contributed by atoms with Gasteiger partial charge in [-0.1, -0.05) is 6.07 Å². The Morgan fingerprint density at radius 3 is 2.38 bits per heavy atom. The van der Waals surface area contributed by atoms with E-state index in [0.717, 1.165) is 19.3 Å². The van der Waals surface area contributed by atoms with Crippen molar-refractivity contribution in [3.63, 3.8) is 0 Å². The molecule has 0 bridgehead atoms. The summed E-state index contributed by atoms with van der Waals surface area (Å²) in [6.07, 6.45) is -8.22. The van der Waals surface area contributed by atoms with Crippen LogP contribution in [0.1, 0.15) is 40.3 Å². The molecule has 1 amide bonds. The first-order valence-corrected chi connectivity index (χ1v) is 8.26. The number of fused-ring (bicyclic) bond motifs is 1. The monoisotopic (exact) mass is 416 g/mol. The lowest BCUT2D eigenvalue weighted by Crippen LogP contribution is -2.28. The molecule has 11 heteroatoms. The lowest BCUT2D eigenvalue weighted by Gasteiger charge is -2.17. The fourth-order valence-corrected chi connectivity index (χ4v) is 2.90. The first-order valence-electron chi connectivity index (χ1n) is 8.26. The lowest BCUT2D eigenvalue weighted by atomic mass is 10.1. The molecule has 3 rings (SSSR count). The second kappa shape index (κ2) is 7.05. The van der Waals surface area contributed by atoms with Gasteiger partial charge in [0.1, 0.15) is 11.4 Å². The molecule has 1 atom stereocenters. The molecule has 1 aromatic carbocycles. The zero-order valence-corrected chi connectivity index (χ0v) is 15.1. The van der Waals surface area contributed by atoms with Crippen molar-refractivity contribution in [3.05, 3.63) is 59.0 Å². The summed E-state index contributed by atoms with van der Waals surface area (Å²) in [5, 5.41) is 6.33. The Labute approximate surface area is 160 Å². The predicted molar refractivity (Wildman–Crippen MR) is 90.8 cm³/mol. The molecule has 0 unspecified atom stereocenters. The minimum atomic E-state index is -4.65. The Balaban J connectivity index is 1.85. The van der Waals surface area contributed by atoms with Gasteiger partial charge >= 0.3 is 12.4 Å². The second-order valence-electron chi connectivity index (χ2n) is 6.37. The first kappa shape index (κ1) is 20.6. The average Bonchev–Trinajstić information content (AvgIpc) is 3.02. The number of benzene rings is 1. The second-order valence-corrected chi connectivity index (χ2v) is 6.37. The van der Waals surface area contributed by atoms with E-state index in [-0.39, 0.29) is 22.0 Å². The van der Waals surface area contributed by atoms with Crippen LogP contribution in [-0.4, -0.2) is 20.7 Å². The maximum Gasteiger partial charge on any atom is 0.433 e. The number of aryl methyl sites for hydroxylation is 1. The Kier molecular flexibility index (Phi) is 5.01. The lowest BCUT2D eigenvalue weighted by molar-refractivity contribution is -0.144. The van der Waals surface area contributed by atoms with Crippen LogP contribution in [0.2, 0.25) is 0 Å². The number of carbonyl (C=O) groups excluding carboxylic acids is 1. The topological polar surface area (TPSA) is 59.8 Å². The molecule has 0 aliphatic heterocycles. The van der Waals surface area contributed by atoms with E-state index in [0.29, 0.717) is 4.68 Å². The molecule has 29 heavy (non-hydrogen) atoms. The number of pyridine rings is 1. The van der Waals surface area contributed by atoms with Gasteiger partial charge in [0.2, 0.25) is 0 Å². The summed E-state index contributed by atoms with van der Waals surface area (Å²) in [4.78, 5) is 16.0. The molecule has 0 aliphatic rings. The summed E-state index contributed by atoms with van der Waals surface area (Å²) in [5.74, 6) is -0.684. The van der Waals surface area contributed by atoms with Crippen LogP contribution in [0, 0.1) is 0 Å². The van der Waals surface area contributed by atoms with Crippen LogP contribution in [0.3, 0.4) is 0 Å². The highest BCUT2D eigenvalue weighted by molar-refractivity contribution is 5.98. The van der Waals surface area contributed by atoms with Crippen LogP contribution in [0.5, 0.6) is 0 Å². The van der Waals surface area contributed by atoms with Gasteiger partial charge in [0.25, 0.3) is 5.91 Å². The third-order valence-corrected chi connectivity index (χ3v) is 4.29. The third kappa shape index (κ3) is 4.17. The molecule has 5 nitrogen and oxygen atoms in total. The molecule has 1 N–H and O–H groups in total. The van der Waals surface area contributed by atoms with Crippen molar-refractivity contribution in [2.24, 2.45) is 7.05 Å². The highest BCUT2D eigenvalue weighted by Crippen LogP contribution is 2.34. The molecule has 3 aromatic rings. The number of aromatic nitrogens is 3. The van der Waals surface area contributed by atoms with Gasteiger partial charge in [0, 0.05) is 23.6 Å². The van der Waals surface area contributed by atoms with E-state index in [4.69, 9.17) is 0 Å². The molecule has 0 fully saturated rings. The van der Waals surface area contributed by atoms with E-state index in [1.807, 2.05) is 0 Å². The van der Waals surface area contributed by atoms with E-state index in [1.165, 1.54) is 31.2 Å². The van der Waals surface area contributed by atoms with Crippen molar-refractivity contribution in [1.29, 1.82) is 0 Å². The van der Waals surface area contributed by atoms with Gasteiger partial charge in [-0.05, 0) is 31.2 Å². The minimum absolute atomic E-state index is 0.0380. The SMILES string of the molecule is C[C@@H](NC(=O)c1ccc2nc(C(F)(F)F)ccc2c1)c1cnn(C)c1C(F)(F)F. The summed E-state index contributed by atoms with van der Waals surface area (Å²) >= 11 is 0. The number of rotatable bonds is 3. The van der Waals surface area contributed by atoms with Crippen molar-refractivity contribution in [1.82, 2.24) is 20.1 Å². The van der Waals surface area contributed by atoms with Crippen molar-refractivity contribution < 1.29 is 31.1 Å². The summed E-state index contributed by atoms with van der Waals surface area (Å²) in [7, 11) is 1.15. The molecule has 154 valence electrons. The first-order chi connectivity index (χ1) is 13.4. The van der Waals surface area contributed by atoms with Crippen molar-refractivity contribution >= 4 is 16.8 Å². The summed E-state index contributed by atoms with van der Waals surface area (Å²) in [6, 6.07) is 4.78. The van der Waals surface area contributed by atoms with E-state index in [2.05, 4.69) is 15.4 Å². The number of alkyl halides is 6. The zero-order valence-electron chi connectivity index (χ0n) is 15.1. The number of nitrogens with zero attached hydrogens (tertiary/aromatic N) is 3. The molecule has 0 spiro atoms. The fraction of sp³-hybridized carbons (Fsp3) is 0.278. The number of amides is 1. The molecule has 0 saturated heterocycles. The van der Waals surface area contributed by atoms with Crippen LogP contribution >= 0.6 is 0 Å². The Hall–Kier alpha value is -3.11. The van der Waals surface area contributed by atoms with Gasteiger partial charge < -0.3 is 5.32 Å². The van der Waals surface area contributed by atoms with Gasteiger partial charge in [-0.15, -0.1) is 0 Å². The summed E-state index contributed by atoms with van der Waals surface area (Å²) in [6.45, 7) is 1.38. The highest BCUT2D eigenvalue weighted by atomic mass is 19.4.